The van der Waals surface area contributed by atoms with Crippen LogP contribution in [-0.4, -0.2) is 94.8 Å². The maximum atomic E-state index is 14.0. The van der Waals surface area contributed by atoms with Gasteiger partial charge in [-0.2, -0.15) is 0 Å². The van der Waals surface area contributed by atoms with Gasteiger partial charge in [0.25, 0.3) is 0 Å². The van der Waals surface area contributed by atoms with Crippen molar-refractivity contribution in [2.45, 2.75) is 160 Å². The zero-order chi connectivity index (χ0) is 30.5. The SMILES string of the molecule is CO[Si](O[C@@H]1[C@@H]2O[C@H]3CC[C@H](C(C)OC(=O)C(C)(C)C)O[C@@H]3C(=O)[C@@H]2O[C@@H]1CC1COC(C)(C)O1)(C(C)C)C(C)C. The summed E-state index contributed by atoms with van der Waals surface area (Å²) in [6.07, 6.45) is -2.98. The molecule has 0 aromatic carbocycles. The molecule has 4 heterocycles. The summed E-state index contributed by atoms with van der Waals surface area (Å²) in [4.78, 5) is 26.4. The minimum absolute atomic E-state index is 0.149. The summed E-state index contributed by atoms with van der Waals surface area (Å²) in [5.74, 6) is -1.12. The lowest BCUT2D eigenvalue weighted by Gasteiger charge is -2.45. The number of hydrogen-bond acceptors (Lipinski definition) is 10. The van der Waals surface area contributed by atoms with Crippen molar-refractivity contribution in [3.63, 3.8) is 0 Å². The molecule has 41 heavy (non-hydrogen) atoms. The molecular weight excluding hydrogens is 548 g/mol. The number of carbonyl (C=O) groups is 2. The third kappa shape index (κ3) is 6.77. The molecule has 0 bridgehead atoms. The molecule has 2 unspecified atom stereocenters. The van der Waals surface area contributed by atoms with E-state index < -0.39 is 68.6 Å². The number of Topliss-reactive ketones (excluding diaryl/α,β-unsaturated/α-hetero) is 1. The Hall–Kier alpha value is -0.923. The monoisotopic (exact) mass is 600 g/mol. The highest BCUT2D eigenvalue weighted by Crippen LogP contribution is 2.44. The molecule has 9 atom stereocenters. The van der Waals surface area contributed by atoms with Crippen molar-refractivity contribution >= 4 is 20.3 Å². The zero-order valence-corrected chi connectivity index (χ0v) is 27.8. The molecule has 0 saturated carbocycles. The number of ketones is 1. The van der Waals surface area contributed by atoms with Crippen molar-refractivity contribution in [2.75, 3.05) is 13.7 Å². The summed E-state index contributed by atoms with van der Waals surface area (Å²) in [6, 6.07) is 0. The Labute approximate surface area is 246 Å². The van der Waals surface area contributed by atoms with E-state index in [1.54, 1.807) is 7.11 Å². The average Bonchev–Trinajstić information content (AvgIpc) is 3.39. The van der Waals surface area contributed by atoms with E-state index >= 15 is 0 Å². The third-order valence-electron chi connectivity index (χ3n) is 8.84. The molecule has 4 rings (SSSR count). The quantitative estimate of drug-likeness (QED) is 0.278. The molecule has 0 radical (unpaired) electrons. The average molecular weight is 601 g/mol. The Balaban J connectivity index is 1.55. The molecule has 0 aliphatic carbocycles. The maximum Gasteiger partial charge on any atom is 0.343 e. The second kappa shape index (κ2) is 12.2. The summed E-state index contributed by atoms with van der Waals surface area (Å²) < 4.78 is 50.2. The van der Waals surface area contributed by atoms with Gasteiger partial charge in [0, 0.05) is 13.5 Å². The molecule has 0 spiro atoms. The van der Waals surface area contributed by atoms with Gasteiger partial charge in [0.05, 0.1) is 36.4 Å². The highest BCUT2D eigenvalue weighted by atomic mass is 28.4. The van der Waals surface area contributed by atoms with Gasteiger partial charge in [-0.25, -0.2) is 0 Å². The van der Waals surface area contributed by atoms with Crippen LogP contribution < -0.4 is 0 Å². The Morgan fingerprint density at radius 1 is 1.02 bits per heavy atom. The maximum absolute atomic E-state index is 14.0. The van der Waals surface area contributed by atoms with Crippen molar-refractivity contribution in [3.05, 3.63) is 0 Å². The normalized spacial score (nSPS) is 36.4. The smallest absolute Gasteiger partial charge is 0.343 e. The van der Waals surface area contributed by atoms with Crippen molar-refractivity contribution in [1.29, 1.82) is 0 Å². The number of rotatable bonds is 9. The summed E-state index contributed by atoms with van der Waals surface area (Å²) >= 11 is 0. The standard InChI is InChI=1S/C30H52O10Si/c1-16(2)41(33-11,17(3)4)40-25-22(14-19-15-34-30(9,10)39-19)38-26-23(31)24-21(37-27(25)26)13-12-20(36-24)18(5)35-28(32)29(6,7)8/h16-22,24-27H,12-15H2,1-11H3/t18?,19?,20-,21+,22-,24+,25+,26+,27+/m1/s1. The molecule has 11 heteroatoms. The zero-order valence-electron chi connectivity index (χ0n) is 26.8. The minimum atomic E-state index is -2.74. The minimum Gasteiger partial charge on any atom is -0.460 e. The van der Waals surface area contributed by atoms with E-state index in [1.165, 1.54) is 0 Å². The Morgan fingerprint density at radius 2 is 1.68 bits per heavy atom. The van der Waals surface area contributed by atoms with E-state index in [2.05, 4.69) is 27.7 Å². The van der Waals surface area contributed by atoms with E-state index in [9.17, 15) is 9.59 Å². The van der Waals surface area contributed by atoms with Gasteiger partial charge >= 0.3 is 14.5 Å². The van der Waals surface area contributed by atoms with Gasteiger partial charge in [-0.15, -0.1) is 0 Å². The number of fused-ring (bicyclic) bond motifs is 2. The fourth-order valence-electron chi connectivity index (χ4n) is 6.59. The number of ether oxygens (including phenoxy) is 6. The summed E-state index contributed by atoms with van der Waals surface area (Å²) in [6.45, 7) is 20.0. The molecular formula is C30H52O10Si. The fourth-order valence-corrected chi connectivity index (χ4v) is 10.2. The lowest BCUT2D eigenvalue weighted by molar-refractivity contribution is -0.222. The first-order valence-electron chi connectivity index (χ1n) is 15.2. The van der Waals surface area contributed by atoms with Gasteiger partial charge in [0.1, 0.15) is 30.5 Å². The predicted octanol–water partition coefficient (Wildman–Crippen LogP) is 4.45. The van der Waals surface area contributed by atoms with Gasteiger partial charge in [-0.3, -0.25) is 9.59 Å². The lowest BCUT2D eigenvalue weighted by Crippen LogP contribution is -2.61. The van der Waals surface area contributed by atoms with E-state index in [0.717, 1.165) is 0 Å². The second-order valence-electron chi connectivity index (χ2n) is 14.2. The van der Waals surface area contributed by atoms with E-state index in [0.29, 0.717) is 25.9 Å². The first-order valence-corrected chi connectivity index (χ1v) is 17.2. The molecule has 4 aliphatic heterocycles. The van der Waals surface area contributed by atoms with Crippen molar-refractivity contribution in [2.24, 2.45) is 5.41 Å². The molecule has 4 aliphatic rings. The summed E-state index contributed by atoms with van der Waals surface area (Å²) in [7, 11) is -1.02. The van der Waals surface area contributed by atoms with Crippen LogP contribution in [0.4, 0.5) is 0 Å². The summed E-state index contributed by atoms with van der Waals surface area (Å²) in [5, 5.41) is 0. The highest BCUT2D eigenvalue weighted by molar-refractivity contribution is 6.70. The topological polar surface area (TPSA) is 108 Å². The van der Waals surface area contributed by atoms with Crippen molar-refractivity contribution in [3.8, 4) is 0 Å². The molecule has 10 nitrogen and oxygen atoms in total. The van der Waals surface area contributed by atoms with Crippen LogP contribution in [0.5, 0.6) is 0 Å². The predicted molar refractivity (Wildman–Crippen MR) is 153 cm³/mol. The van der Waals surface area contributed by atoms with Gasteiger partial charge in [0.2, 0.25) is 0 Å². The van der Waals surface area contributed by atoms with Gasteiger partial charge in [0.15, 0.2) is 11.6 Å². The van der Waals surface area contributed by atoms with Crippen molar-refractivity contribution < 1.29 is 46.9 Å². The number of carbonyl (C=O) groups excluding carboxylic acids is 2. The molecule has 0 aromatic heterocycles. The van der Waals surface area contributed by atoms with E-state index in [4.69, 9.17) is 37.3 Å². The van der Waals surface area contributed by atoms with Gasteiger partial charge in [-0.1, -0.05) is 27.7 Å². The van der Waals surface area contributed by atoms with Crippen LogP contribution in [0.3, 0.4) is 0 Å². The molecule has 0 aromatic rings. The number of hydrogen-bond donors (Lipinski definition) is 0. The van der Waals surface area contributed by atoms with E-state index in [1.807, 2.05) is 41.5 Å². The molecule has 236 valence electrons. The first kappa shape index (κ1) is 33.0. The van der Waals surface area contributed by atoms with Crippen LogP contribution in [0.15, 0.2) is 0 Å². The Morgan fingerprint density at radius 3 is 2.22 bits per heavy atom. The van der Waals surface area contributed by atoms with Crippen LogP contribution in [0.2, 0.25) is 11.1 Å². The molecule has 4 saturated heterocycles. The third-order valence-corrected chi connectivity index (χ3v) is 13.3. The van der Waals surface area contributed by atoms with E-state index in [-0.39, 0.29) is 28.9 Å². The van der Waals surface area contributed by atoms with Gasteiger partial charge < -0.3 is 37.3 Å². The molecule has 0 N–H and O–H groups in total. The summed E-state index contributed by atoms with van der Waals surface area (Å²) in [5.41, 5.74) is -0.291. The van der Waals surface area contributed by atoms with Gasteiger partial charge in [-0.05, 0) is 65.5 Å². The fraction of sp³-hybridized carbons (Fsp3) is 0.933. The molecule has 4 fully saturated rings. The first-order chi connectivity index (χ1) is 19.0. The van der Waals surface area contributed by atoms with Crippen LogP contribution >= 0.6 is 0 Å². The highest BCUT2D eigenvalue weighted by Gasteiger charge is 2.61. The second-order valence-corrected chi connectivity index (χ2v) is 18.6. The van der Waals surface area contributed by atoms with Crippen LogP contribution in [0.25, 0.3) is 0 Å². The van der Waals surface area contributed by atoms with Crippen LogP contribution in [0.1, 0.15) is 88.5 Å². The van der Waals surface area contributed by atoms with Crippen LogP contribution in [0, 0.1) is 5.41 Å². The molecule has 0 amide bonds. The Bertz CT molecular complexity index is 938. The largest absolute Gasteiger partial charge is 0.460 e. The van der Waals surface area contributed by atoms with Crippen LogP contribution in [-0.2, 0) is 46.9 Å². The van der Waals surface area contributed by atoms with Crippen molar-refractivity contribution in [1.82, 2.24) is 0 Å². The lowest BCUT2D eigenvalue weighted by atomic mass is 9.88. The number of esters is 1. The Kier molecular flexibility index (Phi) is 9.83.